The number of nitrogens with one attached hydrogen (secondary N) is 1. The van der Waals surface area contributed by atoms with Crippen molar-refractivity contribution in [1.82, 2.24) is 4.90 Å². The standard InChI is InChI=1S/C18H22ClN3O4/c1-3-26-18(25)21-8-6-20(7-9-21)15-11-16(23)22(17(15)24)13-5-4-12(2)14(19)10-13/h4-5,10,15H,3,6-9,11H2,1-2H3/p+1/t15-/m1/s1. The lowest BCUT2D eigenvalue weighted by molar-refractivity contribution is -0.918. The van der Waals surface area contributed by atoms with Crippen molar-refractivity contribution in [2.75, 3.05) is 37.7 Å². The van der Waals surface area contributed by atoms with E-state index in [0.717, 1.165) is 10.5 Å². The first kappa shape index (κ1) is 18.7. The summed E-state index contributed by atoms with van der Waals surface area (Å²) < 4.78 is 5.01. The minimum absolute atomic E-state index is 0.180. The molecule has 0 radical (unpaired) electrons. The summed E-state index contributed by atoms with van der Waals surface area (Å²) in [4.78, 5) is 41.0. The third-order valence-corrected chi connectivity index (χ3v) is 5.39. The van der Waals surface area contributed by atoms with Crippen LogP contribution in [0.5, 0.6) is 0 Å². The number of nitrogens with zero attached hydrogens (tertiary/aromatic N) is 2. The van der Waals surface area contributed by atoms with Gasteiger partial charge in [0.25, 0.3) is 5.91 Å². The number of carbonyl (C=O) groups is 3. The molecule has 0 bridgehead atoms. The number of carbonyl (C=O) groups excluding carboxylic acids is 3. The summed E-state index contributed by atoms with van der Waals surface area (Å²) in [6, 6.07) is 4.79. The number of anilines is 1. The smallest absolute Gasteiger partial charge is 0.410 e. The van der Waals surface area contributed by atoms with Crippen molar-refractivity contribution in [3.05, 3.63) is 28.8 Å². The molecular weight excluding hydrogens is 358 g/mol. The first-order chi connectivity index (χ1) is 12.4. The maximum Gasteiger partial charge on any atom is 0.410 e. The molecule has 1 aromatic rings. The van der Waals surface area contributed by atoms with Crippen molar-refractivity contribution in [1.29, 1.82) is 0 Å². The highest BCUT2D eigenvalue weighted by molar-refractivity contribution is 6.32. The quantitative estimate of drug-likeness (QED) is 0.781. The van der Waals surface area contributed by atoms with Gasteiger partial charge >= 0.3 is 6.09 Å². The van der Waals surface area contributed by atoms with Crippen molar-refractivity contribution < 1.29 is 24.0 Å². The summed E-state index contributed by atoms with van der Waals surface area (Å²) in [5.41, 5.74) is 1.41. The highest BCUT2D eigenvalue weighted by Gasteiger charge is 2.46. The van der Waals surface area contributed by atoms with Crippen LogP contribution >= 0.6 is 11.6 Å². The van der Waals surface area contributed by atoms with E-state index in [0.29, 0.717) is 43.5 Å². The molecule has 2 aliphatic rings. The summed E-state index contributed by atoms with van der Waals surface area (Å²) in [6.07, 6.45) is -0.143. The molecule has 1 aromatic carbocycles. The molecular formula is C18H23ClN3O4+. The second kappa shape index (κ2) is 7.63. The van der Waals surface area contributed by atoms with E-state index in [4.69, 9.17) is 16.3 Å². The van der Waals surface area contributed by atoms with Crippen LogP contribution in [0.15, 0.2) is 18.2 Å². The zero-order valence-corrected chi connectivity index (χ0v) is 15.7. The van der Waals surface area contributed by atoms with Gasteiger partial charge in [0.1, 0.15) is 0 Å². The van der Waals surface area contributed by atoms with Crippen LogP contribution in [-0.2, 0) is 14.3 Å². The highest BCUT2D eigenvalue weighted by atomic mass is 35.5. The van der Waals surface area contributed by atoms with Gasteiger partial charge in [-0.3, -0.25) is 14.5 Å². The lowest BCUT2D eigenvalue weighted by atomic mass is 10.2. The number of aryl methyl sites for hydroxylation is 1. The van der Waals surface area contributed by atoms with Gasteiger partial charge in [-0.1, -0.05) is 17.7 Å². The predicted octanol–water partition coefficient (Wildman–Crippen LogP) is 0.637. The predicted molar refractivity (Wildman–Crippen MR) is 96.4 cm³/mol. The van der Waals surface area contributed by atoms with Crippen LogP contribution < -0.4 is 9.80 Å². The molecule has 8 heteroatoms. The average molecular weight is 381 g/mol. The average Bonchev–Trinajstić information content (AvgIpc) is 2.92. The summed E-state index contributed by atoms with van der Waals surface area (Å²) in [7, 11) is 0. The van der Waals surface area contributed by atoms with E-state index < -0.39 is 6.04 Å². The van der Waals surface area contributed by atoms with Gasteiger partial charge in [-0.25, -0.2) is 9.69 Å². The first-order valence-corrected chi connectivity index (χ1v) is 9.19. The van der Waals surface area contributed by atoms with Gasteiger partial charge in [-0.15, -0.1) is 0 Å². The first-order valence-electron chi connectivity index (χ1n) is 8.81. The fourth-order valence-electron chi connectivity index (χ4n) is 3.48. The van der Waals surface area contributed by atoms with Crippen LogP contribution in [0.4, 0.5) is 10.5 Å². The third kappa shape index (κ3) is 3.54. The largest absolute Gasteiger partial charge is 0.450 e. The number of ether oxygens (including phenoxy) is 1. The molecule has 1 atom stereocenters. The van der Waals surface area contributed by atoms with E-state index in [-0.39, 0.29) is 24.3 Å². The number of amides is 3. The maximum absolute atomic E-state index is 12.9. The molecule has 2 fully saturated rings. The SMILES string of the molecule is CCOC(=O)N1CC[NH+]([C@@H]2CC(=O)N(c3ccc(C)c(Cl)c3)C2=O)CC1. The molecule has 0 aromatic heterocycles. The van der Waals surface area contributed by atoms with Crippen LogP contribution in [0.3, 0.4) is 0 Å². The molecule has 0 saturated carbocycles. The number of rotatable bonds is 3. The van der Waals surface area contributed by atoms with Gasteiger partial charge in [0.2, 0.25) is 5.91 Å². The Labute approximate surface area is 157 Å². The lowest BCUT2D eigenvalue weighted by Crippen LogP contribution is -3.19. The van der Waals surface area contributed by atoms with Gasteiger partial charge in [-0.05, 0) is 31.5 Å². The number of imide groups is 1. The Kier molecular flexibility index (Phi) is 5.48. The van der Waals surface area contributed by atoms with E-state index in [1.165, 1.54) is 4.90 Å². The van der Waals surface area contributed by atoms with Crippen LogP contribution in [-0.4, -0.2) is 61.6 Å². The minimum atomic E-state index is -0.410. The summed E-state index contributed by atoms with van der Waals surface area (Å²) in [6.45, 7) is 6.25. The molecule has 140 valence electrons. The molecule has 1 N–H and O–H groups in total. The zero-order chi connectivity index (χ0) is 18.8. The Balaban J connectivity index is 1.68. The van der Waals surface area contributed by atoms with E-state index in [1.54, 1.807) is 30.0 Å². The van der Waals surface area contributed by atoms with Crippen LogP contribution in [0.25, 0.3) is 0 Å². The molecule has 0 unspecified atom stereocenters. The Morgan fingerprint density at radius 2 is 2.00 bits per heavy atom. The minimum Gasteiger partial charge on any atom is -0.450 e. The number of quaternary nitrogens is 1. The Morgan fingerprint density at radius 1 is 1.31 bits per heavy atom. The molecule has 7 nitrogen and oxygen atoms in total. The fourth-order valence-corrected chi connectivity index (χ4v) is 3.66. The maximum atomic E-state index is 12.9. The van der Waals surface area contributed by atoms with Gasteiger partial charge in [0.15, 0.2) is 6.04 Å². The van der Waals surface area contributed by atoms with Gasteiger partial charge < -0.3 is 9.64 Å². The molecule has 2 aliphatic heterocycles. The monoisotopic (exact) mass is 380 g/mol. The molecule has 0 spiro atoms. The zero-order valence-electron chi connectivity index (χ0n) is 15.0. The molecule has 3 amide bonds. The van der Waals surface area contributed by atoms with Gasteiger partial charge in [0, 0.05) is 5.02 Å². The van der Waals surface area contributed by atoms with Crippen LogP contribution in [0, 0.1) is 6.92 Å². The Bertz CT molecular complexity index is 731. The van der Waals surface area contributed by atoms with Crippen molar-refractivity contribution in [2.24, 2.45) is 0 Å². The molecule has 2 saturated heterocycles. The normalized spacial score (nSPS) is 21.4. The number of hydrogen-bond acceptors (Lipinski definition) is 4. The second-order valence-electron chi connectivity index (χ2n) is 6.60. The number of piperazine rings is 1. The lowest BCUT2D eigenvalue weighted by Gasteiger charge is -2.33. The fraction of sp³-hybridized carbons (Fsp3) is 0.500. The highest BCUT2D eigenvalue weighted by Crippen LogP contribution is 2.27. The van der Waals surface area contributed by atoms with Crippen LogP contribution in [0.1, 0.15) is 18.9 Å². The van der Waals surface area contributed by atoms with Crippen LogP contribution in [0.2, 0.25) is 5.02 Å². The summed E-state index contributed by atoms with van der Waals surface area (Å²) in [5, 5.41) is 0.530. The summed E-state index contributed by atoms with van der Waals surface area (Å²) in [5.74, 6) is -0.408. The van der Waals surface area contributed by atoms with Crippen molar-refractivity contribution in [3.63, 3.8) is 0 Å². The number of benzene rings is 1. The van der Waals surface area contributed by atoms with Crippen molar-refractivity contribution in [3.8, 4) is 0 Å². The van der Waals surface area contributed by atoms with E-state index in [9.17, 15) is 14.4 Å². The Morgan fingerprint density at radius 3 is 2.62 bits per heavy atom. The summed E-state index contributed by atoms with van der Waals surface area (Å²) >= 11 is 6.14. The van der Waals surface area contributed by atoms with Crippen molar-refractivity contribution in [2.45, 2.75) is 26.3 Å². The van der Waals surface area contributed by atoms with E-state index in [1.807, 2.05) is 6.92 Å². The topological polar surface area (TPSA) is 71.4 Å². The van der Waals surface area contributed by atoms with Crippen molar-refractivity contribution >= 4 is 35.2 Å². The number of halogens is 1. The van der Waals surface area contributed by atoms with E-state index in [2.05, 4.69) is 0 Å². The molecule has 3 rings (SSSR count). The molecule has 26 heavy (non-hydrogen) atoms. The molecule has 2 heterocycles. The van der Waals surface area contributed by atoms with Gasteiger partial charge in [0.05, 0.1) is 44.9 Å². The van der Waals surface area contributed by atoms with E-state index >= 15 is 0 Å². The third-order valence-electron chi connectivity index (χ3n) is 4.98. The van der Waals surface area contributed by atoms with Gasteiger partial charge in [-0.2, -0.15) is 0 Å². The number of hydrogen-bond donors (Lipinski definition) is 1. The Hall–Kier alpha value is -2.12. The molecule has 0 aliphatic carbocycles. The second-order valence-corrected chi connectivity index (χ2v) is 7.01.